The Morgan fingerprint density at radius 2 is 1.65 bits per heavy atom. The van der Waals surface area contributed by atoms with Crippen molar-refractivity contribution >= 4 is 34.4 Å². The number of nitrogens with one attached hydrogen (secondary N) is 1. The van der Waals surface area contributed by atoms with Crippen molar-refractivity contribution in [2.75, 3.05) is 12.1 Å². The van der Waals surface area contributed by atoms with Crippen molar-refractivity contribution in [1.82, 2.24) is 9.13 Å². The van der Waals surface area contributed by atoms with Crippen molar-refractivity contribution in [3.63, 3.8) is 0 Å². The maximum absolute atomic E-state index is 13.0. The van der Waals surface area contributed by atoms with Crippen molar-refractivity contribution in [2.45, 2.75) is 9.79 Å². The molecule has 3 aromatic carbocycles. The molecule has 0 unspecified atom stereocenters. The monoisotopic (exact) mass is 433 g/mol. The third-order valence-electron chi connectivity index (χ3n) is 5.23. The molecule has 0 radical (unpaired) electrons. The number of hydrogen-bond donors (Lipinski definition) is 1. The van der Waals surface area contributed by atoms with E-state index in [1.807, 2.05) is 42.5 Å². The van der Waals surface area contributed by atoms with Gasteiger partial charge in [-0.3, -0.25) is 13.9 Å². The van der Waals surface area contributed by atoms with Crippen LogP contribution in [0.4, 0.5) is 5.69 Å². The molecule has 7 nitrogen and oxygen atoms in total. The van der Waals surface area contributed by atoms with Gasteiger partial charge < -0.3 is 14.8 Å². The van der Waals surface area contributed by atoms with Crippen LogP contribution in [0.3, 0.4) is 0 Å². The van der Waals surface area contributed by atoms with Gasteiger partial charge in [0.15, 0.2) is 11.5 Å². The van der Waals surface area contributed by atoms with Crippen molar-refractivity contribution in [3.8, 4) is 11.5 Å². The molecule has 8 heteroatoms. The largest absolute Gasteiger partial charge is 0.454 e. The van der Waals surface area contributed by atoms with Gasteiger partial charge in [0, 0.05) is 29.4 Å². The number of aromatic nitrogens is 2. The first kappa shape index (κ1) is 19.3. The SMILES string of the molecule is Cn1c(=O)n(C)c2cc(Sc3ccccc3)c(NC(=O)c3ccc4c(c3)OCO4)cc21. The summed E-state index contributed by atoms with van der Waals surface area (Å²) in [5.41, 5.74) is 2.51. The lowest BCUT2D eigenvalue weighted by Gasteiger charge is -2.13. The second-order valence-electron chi connectivity index (χ2n) is 7.17. The van der Waals surface area contributed by atoms with E-state index in [0.717, 1.165) is 20.8 Å². The lowest BCUT2D eigenvalue weighted by atomic mass is 10.2. The molecule has 1 aromatic heterocycles. The summed E-state index contributed by atoms with van der Waals surface area (Å²) < 4.78 is 13.9. The van der Waals surface area contributed by atoms with E-state index < -0.39 is 0 Å². The number of carbonyl (C=O) groups excluding carboxylic acids is 1. The summed E-state index contributed by atoms with van der Waals surface area (Å²) in [4.78, 5) is 27.3. The van der Waals surface area contributed by atoms with Crippen LogP contribution in [0.5, 0.6) is 11.5 Å². The van der Waals surface area contributed by atoms with E-state index in [2.05, 4.69) is 5.32 Å². The fourth-order valence-electron chi connectivity index (χ4n) is 3.56. The maximum Gasteiger partial charge on any atom is 0.328 e. The van der Waals surface area contributed by atoms with Crippen LogP contribution in [-0.4, -0.2) is 21.8 Å². The number of ether oxygens (including phenoxy) is 2. The standard InChI is InChI=1S/C23H19N3O4S/c1-25-17-11-16(24-22(27)14-8-9-19-20(10-14)30-13-29-19)21(12-18(17)26(2)23(25)28)31-15-6-4-3-5-7-15/h3-12H,13H2,1-2H3,(H,24,27). The normalized spacial score (nSPS) is 12.3. The van der Waals surface area contributed by atoms with Gasteiger partial charge in [0.2, 0.25) is 6.79 Å². The zero-order valence-electron chi connectivity index (χ0n) is 16.9. The predicted molar refractivity (Wildman–Crippen MR) is 119 cm³/mol. The highest BCUT2D eigenvalue weighted by Gasteiger charge is 2.19. The minimum atomic E-state index is -0.270. The molecule has 156 valence electrons. The molecule has 4 aromatic rings. The molecular formula is C23H19N3O4S. The van der Waals surface area contributed by atoms with Crippen molar-refractivity contribution in [1.29, 1.82) is 0 Å². The Bertz CT molecular complexity index is 1380. The first-order valence-electron chi connectivity index (χ1n) is 9.64. The van der Waals surface area contributed by atoms with Gasteiger partial charge in [0.05, 0.1) is 16.7 Å². The highest BCUT2D eigenvalue weighted by Crippen LogP contribution is 2.37. The van der Waals surface area contributed by atoms with E-state index >= 15 is 0 Å². The highest BCUT2D eigenvalue weighted by molar-refractivity contribution is 7.99. The van der Waals surface area contributed by atoms with Crippen molar-refractivity contribution < 1.29 is 14.3 Å². The average Bonchev–Trinajstić information content (AvgIpc) is 3.33. The summed E-state index contributed by atoms with van der Waals surface area (Å²) in [5.74, 6) is 0.901. The van der Waals surface area contributed by atoms with E-state index in [-0.39, 0.29) is 18.4 Å². The van der Waals surface area contributed by atoms with Crippen LogP contribution < -0.4 is 20.5 Å². The fraction of sp³-hybridized carbons (Fsp3) is 0.130. The molecule has 1 amide bonds. The van der Waals surface area contributed by atoms with E-state index in [4.69, 9.17) is 9.47 Å². The van der Waals surface area contributed by atoms with Gasteiger partial charge >= 0.3 is 5.69 Å². The lowest BCUT2D eigenvalue weighted by Crippen LogP contribution is -2.19. The summed E-state index contributed by atoms with van der Waals surface area (Å²) in [6, 6.07) is 18.7. The Balaban J connectivity index is 1.57. The molecule has 0 spiro atoms. The molecule has 0 atom stereocenters. The first-order valence-corrected chi connectivity index (χ1v) is 10.5. The van der Waals surface area contributed by atoms with Crippen molar-refractivity contribution in [3.05, 3.63) is 76.7 Å². The number of carbonyl (C=O) groups is 1. The molecule has 0 saturated carbocycles. The second kappa shape index (κ2) is 7.55. The number of benzene rings is 3. The third kappa shape index (κ3) is 3.44. The Labute approximate surface area is 182 Å². The first-order chi connectivity index (χ1) is 15.0. The van der Waals surface area contributed by atoms with Crippen LogP contribution in [-0.2, 0) is 14.1 Å². The highest BCUT2D eigenvalue weighted by atomic mass is 32.2. The van der Waals surface area contributed by atoms with E-state index in [9.17, 15) is 9.59 Å². The van der Waals surface area contributed by atoms with Gasteiger partial charge in [-0.15, -0.1) is 0 Å². The number of nitrogens with zero attached hydrogens (tertiary/aromatic N) is 2. The summed E-state index contributed by atoms with van der Waals surface area (Å²) in [5, 5.41) is 3.01. The Hall–Kier alpha value is -3.65. The summed E-state index contributed by atoms with van der Waals surface area (Å²) in [7, 11) is 3.46. The maximum atomic E-state index is 13.0. The summed E-state index contributed by atoms with van der Waals surface area (Å²) in [6.07, 6.45) is 0. The minimum absolute atomic E-state index is 0.120. The zero-order valence-corrected chi connectivity index (χ0v) is 17.7. The molecule has 0 bridgehead atoms. The van der Waals surface area contributed by atoms with Crippen LogP contribution in [0.25, 0.3) is 11.0 Å². The van der Waals surface area contributed by atoms with Crippen LogP contribution in [0.15, 0.2) is 75.2 Å². The topological polar surface area (TPSA) is 74.5 Å². The third-order valence-corrected chi connectivity index (χ3v) is 6.29. The second-order valence-corrected chi connectivity index (χ2v) is 8.29. The van der Waals surface area contributed by atoms with Crippen LogP contribution >= 0.6 is 11.8 Å². The molecular weight excluding hydrogens is 414 g/mol. The number of rotatable bonds is 4. The molecule has 0 saturated heterocycles. The number of imidazole rings is 1. The van der Waals surface area contributed by atoms with E-state index in [1.54, 1.807) is 41.4 Å². The van der Waals surface area contributed by atoms with E-state index in [1.165, 1.54) is 11.8 Å². The smallest absolute Gasteiger partial charge is 0.328 e. The predicted octanol–water partition coefficient (Wildman–Crippen LogP) is 4.01. The number of anilines is 1. The van der Waals surface area contributed by atoms with Crippen molar-refractivity contribution in [2.24, 2.45) is 14.1 Å². The molecule has 1 N–H and O–H groups in total. The van der Waals surface area contributed by atoms with Gasteiger partial charge in [-0.1, -0.05) is 30.0 Å². The fourth-order valence-corrected chi connectivity index (χ4v) is 4.49. The average molecular weight is 433 g/mol. The van der Waals surface area contributed by atoms with E-state index in [0.29, 0.717) is 22.7 Å². The van der Waals surface area contributed by atoms with Crippen LogP contribution in [0.1, 0.15) is 10.4 Å². The quantitative estimate of drug-likeness (QED) is 0.526. The lowest BCUT2D eigenvalue weighted by molar-refractivity contribution is 0.102. The molecule has 2 heterocycles. The number of aryl methyl sites for hydroxylation is 2. The zero-order chi connectivity index (χ0) is 21.5. The molecule has 1 aliphatic heterocycles. The number of fused-ring (bicyclic) bond motifs is 2. The Morgan fingerprint density at radius 1 is 0.935 bits per heavy atom. The van der Waals surface area contributed by atoms with Gasteiger partial charge in [-0.2, -0.15) is 0 Å². The van der Waals surface area contributed by atoms with Crippen LogP contribution in [0.2, 0.25) is 0 Å². The molecule has 5 rings (SSSR count). The number of amides is 1. The van der Waals surface area contributed by atoms with Gasteiger partial charge in [0.1, 0.15) is 0 Å². The van der Waals surface area contributed by atoms with Gasteiger partial charge in [-0.25, -0.2) is 4.79 Å². The van der Waals surface area contributed by atoms with Gasteiger partial charge in [-0.05, 0) is 42.5 Å². The molecule has 0 fully saturated rings. The molecule has 31 heavy (non-hydrogen) atoms. The van der Waals surface area contributed by atoms with Gasteiger partial charge in [0.25, 0.3) is 5.91 Å². The number of hydrogen-bond acceptors (Lipinski definition) is 5. The summed E-state index contributed by atoms with van der Waals surface area (Å²) in [6.45, 7) is 0.150. The molecule has 1 aliphatic rings. The molecule has 0 aliphatic carbocycles. The Kier molecular flexibility index (Phi) is 4.71. The minimum Gasteiger partial charge on any atom is -0.454 e. The van der Waals surface area contributed by atoms with Crippen LogP contribution in [0, 0.1) is 0 Å². The Morgan fingerprint density at radius 3 is 2.42 bits per heavy atom. The summed E-state index contributed by atoms with van der Waals surface area (Å²) >= 11 is 1.53.